The smallest absolute Gasteiger partial charge is 0.305 e. The molecule has 0 aliphatic rings. The number of hydrogen-bond acceptors (Lipinski definition) is 4. The number of carbonyl (C=O) groups excluding carboxylic acids is 2. The van der Waals surface area contributed by atoms with Gasteiger partial charge in [0.2, 0.25) is 5.91 Å². The van der Waals surface area contributed by atoms with Gasteiger partial charge in [0.05, 0.1) is 6.42 Å². The van der Waals surface area contributed by atoms with E-state index in [9.17, 15) is 14.4 Å². The predicted molar refractivity (Wildman–Crippen MR) is 96.2 cm³/mol. The summed E-state index contributed by atoms with van der Waals surface area (Å²) >= 11 is 0. The van der Waals surface area contributed by atoms with Crippen LogP contribution in [0.15, 0.2) is 30.3 Å². The zero-order chi connectivity index (χ0) is 19.7. The van der Waals surface area contributed by atoms with Crippen molar-refractivity contribution in [2.24, 2.45) is 11.3 Å². The Morgan fingerprint density at radius 1 is 1.19 bits per heavy atom. The van der Waals surface area contributed by atoms with E-state index in [1.54, 1.807) is 5.48 Å². The summed E-state index contributed by atoms with van der Waals surface area (Å²) in [4.78, 5) is 37.8. The molecule has 0 spiro atoms. The lowest BCUT2D eigenvalue weighted by atomic mass is 9.81. The Hall–Kier alpha value is -2.41. The molecule has 1 rings (SSSR count). The number of nitrogens with one attached hydrogen (secondary N) is 1. The van der Waals surface area contributed by atoms with Crippen molar-refractivity contribution in [1.29, 1.82) is 0 Å². The molecule has 1 aromatic carbocycles. The maximum Gasteiger partial charge on any atom is 0.305 e. The van der Waals surface area contributed by atoms with Gasteiger partial charge in [0.1, 0.15) is 5.41 Å². The van der Waals surface area contributed by atoms with E-state index in [0.717, 1.165) is 5.56 Å². The number of carboxylic acids is 1. The molecule has 1 atom stereocenters. The first-order chi connectivity index (χ1) is 12.2. The van der Waals surface area contributed by atoms with Gasteiger partial charge in [-0.15, -0.1) is 0 Å². The van der Waals surface area contributed by atoms with Gasteiger partial charge < -0.3 is 10.0 Å². The molecule has 0 saturated carbocycles. The highest BCUT2D eigenvalue weighted by atomic mass is 16.5. The molecule has 0 aliphatic heterocycles. The molecule has 3 N–H and O–H groups in total. The number of amides is 2. The lowest BCUT2D eigenvalue weighted by molar-refractivity contribution is -0.155. The van der Waals surface area contributed by atoms with Gasteiger partial charge in [-0.1, -0.05) is 44.2 Å². The second-order valence-electron chi connectivity index (χ2n) is 7.06. The van der Waals surface area contributed by atoms with Gasteiger partial charge in [-0.05, 0) is 31.2 Å². The van der Waals surface area contributed by atoms with Gasteiger partial charge in [0.15, 0.2) is 0 Å². The molecule has 0 aliphatic carbocycles. The number of hydrogen-bond donors (Lipinski definition) is 3. The molecule has 0 saturated heterocycles. The molecule has 0 bridgehead atoms. The zero-order valence-corrected chi connectivity index (χ0v) is 15.6. The van der Waals surface area contributed by atoms with Crippen LogP contribution in [0.5, 0.6) is 0 Å². The fourth-order valence-corrected chi connectivity index (χ4v) is 2.65. The van der Waals surface area contributed by atoms with E-state index in [0.29, 0.717) is 6.42 Å². The van der Waals surface area contributed by atoms with Crippen LogP contribution in [0.2, 0.25) is 0 Å². The third kappa shape index (κ3) is 6.15. The molecule has 0 heterocycles. The summed E-state index contributed by atoms with van der Waals surface area (Å²) in [5.41, 5.74) is 0.960. The summed E-state index contributed by atoms with van der Waals surface area (Å²) in [6.45, 7) is 5.63. The second-order valence-corrected chi connectivity index (χ2v) is 7.06. The highest BCUT2D eigenvalue weighted by Crippen LogP contribution is 2.29. The summed E-state index contributed by atoms with van der Waals surface area (Å²) in [5, 5.41) is 18.1. The highest BCUT2D eigenvalue weighted by Gasteiger charge is 2.43. The van der Waals surface area contributed by atoms with Gasteiger partial charge in [-0.3, -0.25) is 19.6 Å². The van der Waals surface area contributed by atoms with Crippen molar-refractivity contribution in [2.75, 3.05) is 6.54 Å². The number of benzene rings is 1. The van der Waals surface area contributed by atoms with Gasteiger partial charge in [0.25, 0.3) is 5.91 Å². The van der Waals surface area contributed by atoms with E-state index in [-0.39, 0.29) is 31.8 Å². The Labute approximate surface area is 154 Å². The van der Waals surface area contributed by atoms with Crippen molar-refractivity contribution < 1.29 is 24.7 Å². The van der Waals surface area contributed by atoms with Gasteiger partial charge in [-0.2, -0.15) is 0 Å². The first-order valence-electron chi connectivity index (χ1n) is 8.70. The van der Waals surface area contributed by atoms with Crippen molar-refractivity contribution in [3.63, 3.8) is 0 Å². The fourth-order valence-electron chi connectivity index (χ4n) is 2.65. The monoisotopic (exact) mass is 364 g/mol. The van der Waals surface area contributed by atoms with Crippen molar-refractivity contribution in [1.82, 2.24) is 10.4 Å². The lowest BCUT2D eigenvalue weighted by Crippen LogP contribution is -2.51. The van der Waals surface area contributed by atoms with Crippen molar-refractivity contribution in [3.05, 3.63) is 35.9 Å². The Kier molecular flexibility index (Phi) is 8.25. The number of nitrogens with zero attached hydrogens (tertiary/aromatic N) is 1. The maximum absolute atomic E-state index is 13.2. The normalized spacial score (nSPS) is 13.1. The minimum absolute atomic E-state index is 0.0148. The summed E-state index contributed by atoms with van der Waals surface area (Å²) in [6, 6.07) is 9.16. The summed E-state index contributed by atoms with van der Waals surface area (Å²) in [6.07, 6.45) is 0.654. The molecule has 2 amide bonds. The Morgan fingerprint density at radius 3 is 2.31 bits per heavy atom. The maximum atomic E-state index is 13.2. The number of carboxylic acid groups (broad SMARTS) is 1. The molecule has 7 nitrogen and oxygen atoms in total. The summed E-state index contributed by atoms with van der Waals surface area (Å²) in [5.74, 6) is -2.02. The third-order valence-electron chi connectivity index (χ3n) is 4.40. The molecule has 1 aromatic rings. The quantitative estimate of drug-likeness (QED) is 0.336. The van der Waals surface area contributed by atoms with Crippen LogP contribution in [0.1, 0.15) is 45.6 Å². The summed E-state index contributed by atoms with van der Waals surface area (Å²) in [7, 11) is 0. The van der Waals surface area contributed by atoms with Gasteiger partial charge in [0, 0.05) is 13.1 Å². The van der Waals surface area contributed by atoms with Crippen molar-refractivity contribution >= 4 is 17.8 Å². The van der Waals surface area contributed by atoms with E-state index in [1.807, 2.05) is 44.2 Å². The van der Waals surface area contributed by atoms with E-state index in [2.05, 4.69) is 0 Å². The lowest BCUT2D eigenvalue weighted by Gasteiger charge is -2.33. The van der Waals surface area contributed by atoms with Crippen LogP contribution in [-0.2, 0) is 20.9 Å². The summed E-state index contributed by atoms with van der Waals surface area (Å²) < 4.78 is 0. The number of hydroxylamine groups is 1. The van der Waals surface area contributed by atoms with E-state index in [4.69, 9.17) is 10.3 Å². The zero-order valence-electron chi connectivity index (χ0n) is 15.6. The van der Waals surface area contributed by atoms with E-state index < -0.39 is 23.2 Å². The van der Waals surface area contributed by atoms with Gasteiger partial charge in [-0.25, -0.2) is 5.48 Å². The fraction of sp³-hybridized carbons (Fsp3) is 0.526. The Bertz CT molecular complexity index is 618. The topological polar surface area (TPSA) is 107 Å². The van der Waals surface area contributed by atoms with Gasteiger partial charge >= 0.3 is 5.97 Å². The molecular weight excluding hydrogens is 336 g/mol. The molecule has 26 heavy (non-hydrogen) atoms. The second kappa shape index (κ2) is 9.91. The average Bonchev–Trinajstić information content (AvgIpc) is 2.62. The van der Waals surface area contributed by atoms with Crippen molar-refractivity contribution in [2.45, 2.75) is 46.6 Å². The van der Waals surface area contributed by atoms with Crippen LogP contribution in [0.3, 0.4) is 0 Å². The Morgan fingerprint density at radius 2 is 1.81 bits per heavy atom. The molecule has 0 aromatic heterocycles. The average molecular weight is 364 g/mol. The first kappa shape index (κ1) is 21.6. The number of rotatable bonds is 10. The molecule has 0 fully saturated rings. The molecular formula is C19H28N2O5. The van der Waals surface area contributed by atoms with Crippen LogP contribution in [-0.4, -0.2) is 39.5 Å². The van der Waals surface area contributed by atoms with Crippen molar-refractivity contribution in [3.8, 4) is 0 Å². The highest BCUT2D eigenvalue weighted by molar-refractivity contribution is 6.04. The largest absolute Gasteiger partial charge is 0.481 e. The molecule has 144 valence electrons. The molecule has 7 heteroatoms. The van der Waals surface area contributed by atoms with Crippen LogP contribution in [0.4, 0.5) is 0 Å². The van der Waals surface area contributed by atoms with Crippen LogP contribution < -0.4 is 5.48 Å². The van der Waals surface area contributed by atoms with E-state index >= 15 is 0 Å². The molecule has 0 radical (unpaired) electrons. The molecule has 0 unspecified atom stereocenters. The van der Waals surface area contributed by atoms with Crippen LogP contribution in [0, 0.1) is 11.3 Å². The minimum Gasteiger partial charge on any atom is -0.481 e. The first-order valence-corrected chi connectivity index (χ1v) is 8.70. The standard InChI is InChI=1S/C19H28N2O5/c1-14(2)9-11-19(3,17(24)20-26)18(25)21(12-10-16(22)23)13-15-7-5-4-6-8-15/h4-8,14,26H,9-13H2,1-3H3,(H,20,24)(H,22,23)/t19-/m1/s1. The SMILES string of the molecule is CC(C)CC[C@](C)(C(=O)NO)C(=O)N(CCC(=O)O)Cc1ccccc1. The number of carbonyl (C=O) groups is 3. The van der Waals surface area contributed by atoms with E-state index in [1.165, 1.54) is 11.8 Å². The third-order valence-corrected chi connectivity index (χ3v) is 4.40. The minimum atomic E-state index is -1.47. The van der Waals surface area contributed by atoms with Crippen LogP contribution >= 0.6 is 0 Å². The van der Waals surface area contributed by atoms with Crippen LogP contribution in [0.25, 0.3) is 0 Å². The predicted octanol–water partition coefficient (Wildman–Crippen LogP) is 2.44. The number of aliphatic carboxylic acids is 1. The Balaban J connectivity index is 3.10.